The van der Waals surface area contributed by atoms with Gasteiger partial charge in [0, 0.05) is 13.0 Å². The lowest BCUT2D eigenvalue weighted by molar-refractivity contribution is -0.139. The minimum Gasteiger partial charge on any atom is -0.481 e. The molecule has 1 unspecified atom stereocenters. The molecule has 2 amide bonds. The van der Waals surface area contributed by atoms with Crippen molar-refractivity contribution in [1.29, 1.82) is 0 Å². The van der Waals surface area contributed by atoms with E-state index in [9.17, 15) is 14.4 Å². The quantitative estimate of drug-likeness (QED) is 0.549. The van der Waals surface area contributed by atoms with Crippen LogP contribution in [0.4, 0.5) is 4.79 Å². The van der Waals surface area contributed by atoms with E-state index in [1.165, 1.54) is 7.11 Å². The van der Waals surface area contributed by atoms with Crippen LogP contribution >= 0.6 is 0 Å². The second-order valence-corrected chi connectivity index (χ2v) is 4.91. The van der Waals surface area contributed by atoms with Crippen LogP contribution in [-0.4, -0.2) is 43.3 Å². The summed E-state index contributed by atoms with van der Waals surface area (Å²) in [4.78, 5) is 32.7. The van der Waals surface area contributed by atoms with Crippen molar-refractivity contribution < 1.29 is 24.2 Å². The summed E-state index contributed by atoms with van der Waals surface area (Å²) in [5, 5.41) is 13.7. The number of esters is 1. The number of carbonyl (C=O) groups excluding carboxylic acids is 2. The minimum atomic E-state index is -0.806. The van der Waals surface area contributed by atoms with Crippen molar-refractivity contribution in [1.82, 2.24) is 10.6 Å². The molecule has 0 rings (SSSR count). The van der Waals surface area contributed by atoms with Crippen molar-refractivity contribution in [2.45, 2.75) is 33.1 Å². The van der Waals surface area contributed by atoms with Gasteiger partial charge in [0.15, 0.2) is 0 Å². The molecule has 1 atom stereocenters. The molecule has 0 aliphatic rings. The number of hydrogen-bond acceptors (Lipinski definition) is 4. The van der Waals surface area contributed by atoms with E-state index >= 15 is 0 Å². The molecule has 0 aromatic heterocycles. The normalized spacial score (nSPS) is 11.8. The molecular formula is C13H24N2O5. The van der Waals surface area contributed by atoms with Gasteiger partial charge in [-0.1, -0.05) is 13.8 Å². The van der Waals surface area contributed by atoms with Crippen LogP contribution in [0.1, 0.15) is 33.1 Å². The van der Waals surface area contributed by atoms with E-state index < -0.39 is 18.0 Å². The van der Waals surface area contributed by atoms with Crippen LogP contribution in [0, 0.1) is 11.8 Å². The zero-order chi connectivity index (χ0) is 15.5. The molecule has 3 N–H and O–H groups in total. The topological polar surface area (TPSA) is 105 Å². The standard InChI is InChI=1S/C13H24N2O5/c1-9(2)10(4-5-11(16)17)6-7-14-13(19)15-8-12(18)20-3/h9-10H,4-8H2,1-3H3,(H,16,17)(H2,14,15,19). The first kappa shape index (κ1) is 18.2. The summed E-state index contributed by atoms with van der Waals surface area (Å²) in [5.74, 6) is -0.720. The SMILES string of the molecule is COC(=O)CNC(=O)NCCC(CCC(=O)O)C(C)C. The van der Waals surface area contributed by atoms with Crippen LogP contribution in [0.5, 0.6) is 0 Å². The van der Waals surface area contributed by atoms with Crippen molar-refractivity contribution >= 4 is 18.0 Å². The minimum absolute atomic E-state index is 0.136. The summed E-state index contributed by atoms with van der Waals surface area (Å²) in [6, 6.07) is -0.434. The highest BCUT2D eigenvalue weighted by Crippen LogP contribution is 2.20. The Labute approximate surface area is 119 Å². The fourth-order valence-electron chi connectivity index (χ4n) is 1.78. The smallest absolute Gasteiger partial charge is 0.325 e. The predicted molar refractivity (Wildman–Crippen MR) is 73.2 cm³/mol. The van der Waals surface area contributed by atoms with Crippen LogP contribution in [0.25, 0.3) is 0 Å². The Hall–Kier alpha value is -1.79. The molecule has 20 heavy (non-hydrogen) atoms. The molecule has 7 heteroatoms. The van der Waals surface area contributed by atoms with Gasteiger partial charge in [-0.15, -0.1) is 0 Å². The molecular weight excluding hydrogens is 264 g/mol. The molecule has 0 bridgehead atoms. The number of rotatable bonds is 9. The number of aliphatic carboxylic acids is 1. The Morgan fingerprint density at radius 1 is 1.15 bits per heavy atom. The number of hydrogen-bond donors (Lipinski definition) is 3. The van der Waals surface area contributed by atoms with Crippen LogP contribution in [0.15, 0.2) is 0 Å². The number of methoxy groups -OCH3 is 1. The first-order chi connectivity index (χ1) is 9.36. The first-order valence-corrected chi connectivity index (χ1v) is 6.67. The van der Waals surface area contributed by atoms with Crippen LogP contribution in [0.3, 0.4) is 0 Å². The number of carboxylic acid groups (broad SMARTS) is 1. The van der Waals surface area contributed by atoms with Gasteiger partial charge in [0.05, 0.1) is 7.11 Å². The fraction of sp³-hybridized carbons (Fsp3) is 0.769. The summed E-state index contributed by atoms with van der Waals surface area (Å²) in [5.41, 5.74) is 0. The van der Waals surface area contributed by atoms with Crippen molar-refractivity contribution in [2.75, 3.05) is 20.2 Å². The number of carboxylic acids is 1. The molecule has 0 fully saturated rings. The Morgan fingerprint density at radius 3 is 2.30 bits per heavy atom. The second-order valence-electron chi connectivity index (χ2n) is 4.91. The maximum Gasteiger partial charge on any atom is 0.325 e. The lowest BCUT2D eigenvalue weighted by atomic mass is 9.88. The number of ether oxygens (including phenoxy) is 1. The van der Waals surface area contributed by atoms with Crippen molar-refractivity contribution in [3.8, 4) is 0 Å². The van der Waals surface area contributed by atoms with Crippen LogP contribution in [-0.2, 0) is 14.3 Å². The van der Waals surface area contributed by atoms with Gasteiger partial charge in [0.1, 0.15) is 6.54 Å². The Morgan fingerprint density at radius 2 is 1.80 bits per heavy atom. The molecule has 116 valence electrons. The average Bonchev–Trinajstić information content (AvgIpc) is 2.38. The van der Waals surface area contributed by atoms with Crippen molar-refractivity contribution in [2.24, 2.45) is 11.8 Å². The third kappa shape index (κ3) is 9.18. The van der Waals surface area contributed by atoms with Gasteiger partial charge in [0.25, 0.3) is 0 Å². The summed E-state index contributed by atoms with van der Waals surface area (Å²) in [7, 11) is 1.25. The van der Waals surface area contributed by atoms with Crippen LogP contribution < -0.4 is 10.6 Å². The molecule has 0 saturated heterocycles. The third-order valence-electron chi connectivity index (χ3n) is 3.09. The van der Waals surface area contributed by atoms with Crippen LogP contribution in [0.2, 0.25) is 0 Å². The number of amides is 2. The Bertz CT molecular complexity index is 331. The Kier molecular flexibility index (Phi) is 9.15. The zero-order valence-electron chi connectivity index (χ0n) is 12.3. The number of urea groups is 1. The molecule has 0 radical (unpaired) electrons. The maximum absolute atomic E-state index is 11.4. The lowest BCUT2D eigenvalue weighted by Crippen LogP contribution is -2.39. The highest BCUT2D eigenvalue weighted by Gasteiger charge is 2.15. The average molecular weight is 288 g/mol. The van der Waals surface area contributed by atoms with E-state index in [1.807, 2.05) is 13.8 Å². The third-order valence-corrected chi connectivity index (χ3v) is 3.09. The summed E-state index contributed by atoms with van der Waals surface area (Å²) in [6.07, 6.45) is 1.44. The molecule has 0 aliphatic heterocycles. The molecule has 0 saturated carbocycles. The van der Waals surface area contributed by atoms with E-state index in [0.717, 1.165) is 0 Å². The molecule has 0 spiro atoms. The van der Waals surface area contributed by atoms with Gasteiger partial charge >= 0.3 is 18.0 Å². The van der Waals surface area contributed by atoms with Gasteiger partial charge in [-0.05, 0) is 24.7 Å². The van der Waals surface area contributed by atoms with Gasteiger partial charge in [-0.3, -0.25) is 9.59 Å². The van der Waals surface area contributed by atoms with Gasteiger partial charge < -0.3 is 20.5 Å². The maximum atomic E-state index is 11.4. The highest BCUT2D eigenvalue weighted by atomic mass is 16.5. The monoisotopic (exact) mass is 288 g/mol. The molecule has 0 aromatic rings. The van der Waals surface area contributed by atoms with E-state index in [2.05, 4.69) is 15.4 Å². The van der Waals surface area contributed by atoms with Crippen molar-refractivity contribution in [3.63, 3.8) is 0 Å². The van der Waals surface area contributed by atoms with E-state index in [0.29, 0.717) is 25.3 Å². The van der Waals surface area contributed by atoms with E-state index in [4.69, 9.17) is 5.11 Å². The van der Waals surface area contributed by atoms with Gasteiger partial charge in [-0.25, -0.2) is 4.79 Å². The van der Waals surface area contributed by atoms with Gasteiger partial charge in [-0.2, -0.15) is 0 Å². The van der Waals surface area contributed by atoms with E-state index in [-0.39, 0.29) is 18.9 Å². The molecule has 7 nitrogen and oxygen atoms in total. The highest BCUT2D eigenvalue weighted by molar-refractivity contribution is 5.80. The van der Waals surface area contributed by atoms with Gasteiger partial charge in [0.2, 0.25) is 0 Å². The molecule has 0 heterocycles. The van der Waals surface area contributed by atoms with Crippen molar-refractivity contribution in [3.05, 3.63) is 0 Å². The zero-order valence-corrected chi connectivity index (χ0v) is 12.3. The summed E-state index contributed by atoms with van der Waals surface area (Å²) in [6.45, 7) is 4.33. The lowest BCUT2D eigenvalue weighted by Gasteiger charge is -2.20. The number of nitrogens with one attached hydrogen (secondary N) is 2. The number of carbonyl (C=O) groups is 3. The van der Waals surface area contributed by atoms with E-state index in [1.54, 1.807) is 0 Å². The molecule has 0 aromatic carbocycles. The largest absolute Gasteiger partial charge is 0.481 e. The summed E-state index contributed by atoms with van der Waals surface area (Å²) >= 11 is 0. The predicted octanol–water partition coefficient (Wildman–Crippen LogP) is 0.986. The summed E-state index contributed by atoms with van der Waals surface area (Å²) < 4.78 is 4.39. The fourth-order valence-corrected chi connectivity index (χ4v) is 1.78. The second kappa shape index (κ2) is 10.1. The first-order valence-electron chi connectivity index (χ1n) is 6.67. The molecule has 0 aliphatic carbocycles. The Balaban J connectivity index is 3.90.